The van der Waals surface area contributed by atoms with Crippen LogP contribution in [0.1, 0.15) is 10.4 Å². The Bertz CT molecular complexity index is 542. The van der Waals surface area contributed by atoms with Gasteiger partial charge in [0.1, 0.15) is 0 Å². The zero-order valence-electron chi connectivity index (χ0n) is 8.80. The van der Waals surface area contributed by atoms with Gasteiger partial charge in [-0.25, -0.2) is 14.8 Å². The summed E-state index contributed by atoms with van der Waals surface area (Å²) < 4.78 is 9.45. The summed E-state index contributed by atoms with van der Waals surface area (Å²) >= 11 is 0. The largest absolute Gasteiger partial charge is 0.467 e. The van der Waals surface area contributed by atoms with E-state index in [-0.39, 0.29) is 6.01 Å². The van der Waals surface area contributed by atoms with Gasteiger partial charge < -0.3 is 9.47 Å². The number of hydrogen-bond donors (Lipinski definition) is 0. The van der Waals surface area contributed by atoms with Gasteiger partial charge in [0.15, 0.2) is 5.65 Å². The average Bonchev–Trinajstić information content (AvgIpc) is 2.36. The first-order chi connectivity index (χ1) is 7.74. The van der Waals surface area contributed by atoms with Crippen LogP contribution >= 0.6 is 0 Å². The van der Waals surface area contributed by atoms with Crippen molar-refractivity contribution in [2.75, 3.05) is 14.2 Å². The fourth-order valence-corrected chi connectivity index (χ4v) is 1.24. The lowest BCUT2D eigenvalue weighted by Crippen LogP contribution is -2.02. The van der Waals surface area contributed by atoms with Gasteiger partial charge in [-0.3, -0.25) is 0 Å². The molecule has 0 aliphatic carbocycles. The molecule has 0 aliphatic rings. The summed E-state index contributed by atoms with van der Waals surface area (Å²) in [4.78, 5) is 23.2. The van der Waals surface area contributed by atoms with E-state index in [4.69, 9.17) is 4.74 Å². The fraction of sp³-hybridized carbons (Fsp3) is 0.200. The maximum Gasteiger partial charge on any atom is 0.339 e. The number of esters is 1. The highest BCUT2D eigenvalue weighted by Gasteiger charge is 2.08. The van der Waals surface area contributed by atoms with Gasteiger partial charge in [0.25, 0.3) is 0 Å². The molecule has 6 nitrogen and oxygen atoms in total. The minimum absolute atomic E-state index is 0.241. The van der Waals surface area contributed by atoms with E-state index in [1.165, 1.54) is 20.4 Å². The molecule has 0 aliphatic heterocycles. The number of fused-ring (bicyclic) bond motifs is 1. The molecule has 0 saturated carbocycles. The van der Waals surface area contributed by atoms with E-state index in [0.717, 1.165) is 0 Å². The monoisotopic (exact) mass is 219 g/mol. The normalized spacial score (nSPS) is 10.1. The maximum absolute atomic E-state index is 11.3. The Labute approximate surface area is 91.3 Å². The van der Waals surface area contributed by atoms with Crippen LogP contribution in [0, 0.1) is 0 Å². The zero-order chi connectivity index (χ0) is 11.5. The number of rotatable bonds is 2. The van der Waals surface area contributed by atoms with E-state index in [1.54, 1.807) is 12.3 Å². The number of methoxy groups -OCH3 is 2. The second-order valence-electron chi connectivity index (χ2n) is 2.99. The molecule has 16 heavy (non-hydrogen) atoms. The van der Waals surface area contributed by atoms with E-state index in [0.29, 0.717) is 16.6 Å². The smallest absolute Gasteiger partial charge is 0.339 e. The van der Waals surface area contributed by atoms with Crippen LogP contribution in [0.3, 0.4) is 0 Å². The Balaban J connectivity index is 2.51. The fourth-order valence-electron chi connectivity index (χ4n) is 1.24. The molecule has 2 heterocycles. The molecule has 0 atom stereocenters. The Kier molecular flexibility index (Phi) is 2.63. The summed E-state index contributed by atoms with van der Waals surface area (Å²) in [6.07, 6.45) is 2.95. The lowest BCUT2D eigenvalue weighted by molar-refractivity contribution is 0.0600. The van der Waals surface area contributed by atoms with Crippen LogP contribution in [0.25, 0.3) is 11.0 Å². The van der Waals surface area contributed by atoms with Crippen LogP contribution in [0.2, 0.25) is 0 Å². The molecule has 0 aromatic carbocycles. The van der Waals surface area contributed by atoms with Crippen LogP contribution in [0.4, 0.5) is 0 Å². The molecule has 0 amide bonds. The van der Waals surface area contributed by atoms with E-state index < -0.39 is 5.97 Å². The van der Waals surface area contributed by atoms with Crippen molar-refractivity contribution in [2.24, 2.45) is 0 Å². The van der Waals surface area contributed by atoms with Gasteiger partial charge in [0.05, 0.1) is 19.8 Å². The average molecular weight is 219 g/mol. The highest BCUT2D eigenvalue weighted by Crippen LogP contribution is 2.13. The van der Waals surface area contributed by atoms with Gasteiger partial charge in [-0.15, -0.1) is 0 Å². The summed E-state index contributed by atoms with van der Waals surface area (Å²) in [7, 11) is 2.79. The van der Waals surface area contributed by atoms with Gasteiger partial charge >= 0.3 is 12.0 Å². The van der Waals surface area contributed by atoms with Crippen LogP contribution < -0.4 is 4.74 Å². The van der Waals surface area contributed by atoms with Gasteiger partial charge in [0, 0.05) is 17.8 Å². The molecule has 2 rings (SSSR count). The predicted molar refractivity (Wildman–Crippen MR) is 55.2 cm³/mol. The molecule has 0 unspecified atom stereocenters. The van der Waals surface area contributed by atoms with E-state index in [9.17, 15) is 4.79 Å². The molecular weight excluding hydrogens is 210 g/mol. The molecular formula is C10H9N3O3. The summed E-state index contributed by atoms with van der Waals surface area (Å²) in [6.45, 7) is 0. The third kappa shape index (κ3) is 1.77. The van der Waals surface area contributed by atoms with E-state index in [2.05, 4.69) is 19.7 Å². The summed E-state index contributed by atoms with van der Waals surface area (Å²) in [5, 5.41) is 0.656. The first-order valence-electron chi connectivity index (χ1n) is 4.49. The minimum atomic E-state index is -0.440. The molecule has 0 radical (unpaired) electrons. The Hall–Kier alpha value is -2.24. The number of hydrogen-bond acceptors (Lipinski definition) is 6. The van der Waals surface area contributed by atoms with Gasteiger partial charge in [-0.05, 0) is 6.07 Å². The predicted octanol–water partition coefficient (Wildman–Crippen LogP) is 0.820. The number of aromatic nitrogens is 3. The van der Waals surface area contributed by atoms with Gasteiger partial charge in [-0.1, -0.05) is 0 Å². The third-order valence-electron chi connectivity index (χ3n) is 2.01. The second kappa shape index (κ2) is 4.09. The zero-order valence-corrected chi connectivity index (χ0v) is 8.80. The standard InChI is InChI=1S/C10H9N3O3/c1-15-9(14)7-3-6-4-12-10(16-2)13-8(6)11-5-7/h3-5H,1-2H3. The summed E-state index contributed by atoms with van der Waals surface area (Å²) in [5.74, 6) is -0.440. The Morgan fingerprint density at radius 3 is 2.75 bits per heavy atom. The van der Waals surface area contributed by atoms with Crippen molar-refractivity contribution >= 4 is 17.0 Å². The quantitative estimate of drug-likeness (QED) is 0.696. The number of nitrogens with zero attached hydrogens (tertiary/aromatic N) is 3. The Morgan fingerprint density at radius 2 is 2.06 bits per heavy atom. The molecule has 0 N–H and O–H groups in total. The molecule has 0 spiro atoms. The van der Waals surface area contributed by atoms with Crippen molar-refractivity contribution in [3.05, 3.63) is 24.0 Å². The summed E-state index contributed by atoms with van der Waals surface area (Å²) in [5.41, 5.74) is 0.836. The number of carbonyl (C=O) groups excluding carboxylic acids is 1. The van der Waals surface area contributed by atoms with Crippen molar-refractivity contribution in [3.8, 4) is 6.01 Å². The number of pyridine rings is 1. The van der Waals surface area contributed by atoms with Crippen LogP contribution in [0.5, 0.6) is 6.01 Å². The van der Waals surface area contributed by atoms with Crippen molar-refractivity contribution < 1.29 is 14.3 Å². The van der Waals surface area contributed by atoms with Crippen molar-refractivity contribution in [3.63, 3.8) is 0 Å². The molecule has 0 fully saturated rings. The molecule has 82 valence electrons. The SMILES string of the molecule is COC(=O)c1cnc2nc(OC)ncc2c1. The van der Waals surface area contributed by atoms with Crippen molar-refractivity contribution in [1.82, 2.24) is 15.0 Å². The van der Waals surface area contributed by atoms with Crippen molar-refractivity contribution in [2.45, 2.75) is 0 Å². The molecule has 6 heteroatoms. The van der Waals surface area contributed by atoms with Crippen LogP contribution in [-0.2, 0) is 4.74 Å². The molecule has 0 saturated heterocycles. The lowest BCUT2D eigenvalue weighted by atomic mass is 10.2. The second-order valence-corrected chi connectivity index (χ2v) is 2.99. The summed E-state index contributed by atoms with van der Waals surface area (Å²) in [6, 6.07) is 1.86. The van der Waals surface area contributed by atoms with Gasteiger partial charge in [-0.2, -0.15) is 4.98 Å². The number of ether oxygens (including phenoxy) is 2. The minimum Gasteiger partial charge on any atom is -0.467 e. The highest BCUT2D eigenvalue weighted by atomic mass is 16.5. The van der Waals surface area contributed by atoms with Crippen LogP contribution in [-0.4, -0.2) is 35.1 Å². The topological polar surface area (TPSA) is 74.2 Å². The highest BCUT2D eigenvalue weighted by molar-refractivity contribution is 5.92. The lowest BCUT2D eigenvalue weighted by Gasteiger charge is -2.01. The molecule has 0 bridgehead atoms. The number of carbonyl (C=O) groups is 1. The van der Waals surface area contributed by atoms with Gasteiger partial charge in [0.2, 0.25) is 0 Å². The Morgan fingerprint density at radius 1 is 1.25 bits per heavy atom. The molecule has 2 aromatic heterocycles. The first-order valence-corrected chi connectivity index (χ1v) is 4.49. The first kappa shape index (κ1) is 10.3. The molecule has 2 aromatic rings. The van der Waals surface area contributed by atoms with Crippen molar-refractivity contribution in [1.29, 1.82) is 0 Å². The third-order valence-corrected chi connectivity index (χ3v) is 2.01. The maximum atomic E-state index is 11.3. The van der Waals surface area contributed by atoms with Crippen LogP contribution in [0.15, 0.2) is 18.5 Å². The van der Waals surface area contributed by atoms with E-state index >= 15 is 0 Å². The van der Waals surface area contributed by atoms with E-state index in [1.807, 2.05) is 0 Å².